The molecule has 1 N–H and O–H groups in total. The minimum absolute atomic E-state index is 0.136. The van der Waals surface area contributed by atoms with Crippen LogP contribution < -0.4 is 9.62 Å². The summed E-state index contributed by atoms with van der Waals surface area (Å²) in [5.74, 6) is 0.293. The monoisotopic (exact) mass is 511 g/mol. The van der Waals surface area contributed by atoms with Crippen LogP contribution in [0.25, 0.3) is 5.69 Å². The Hall–Kier alpha value is -3.70. The van der Waals surface area contributed by atoms with Gasteiger partial charge in [0.2, 0.25) is 15.9 Å². The lowest BCUT2D eigenvalue weighted by Crippen LogP contribution is -2.41. The van der Waals surface area contributed by atoms with E-state index in [1.54, 1.807) is 35.4 Å². The molecule has 190 valence electrons. The second-order valence-corrected chi connectivity index (χ2v) is 10.4. The molecule has 0 saturated carbocycles. The highest BCUT2D eigenvalue weighted by Crippen LogP contribution is 2.19. The first-order valence-corrected chi connectivity index (χ1v) is 13.4. The van der Waals surface area contributed by atoms with Crippen molar-refractivity contribution in [2.45, 2.75) is 13.5 Å². The van der Waals surface area contributed by atoms with Crippen LogP contribution in [-0.2, 0) is 26.1 Å². The Morgan fingerprint density at radius 3 is 2.31 bits per heavy atom. The van der Waals surface area contributed by atoms with E-state index in [1.807, 2.05) is 42.0 Å². The van der Waals surface area contributed by atoms with E-state index in [4.69, 9.17) is 4.74 Å². The van der Waals surface area contributed by atoms with Crippen LogP contribution in [0.1, 0.15) is 21.7 Å². The Bertz CT molecular complexity index is 1310. The molecule has 2 aromatic carbocycles. The van der Waals surface area contributed by atoms with Crippen molar-refractivity contribution in [3.8, 4) is 5.69 Å². The van der Waals surface area contributed by atoms with E-state index in [0.717, 1.165) is 27.6 Å². The zero-order chi connectivity index (χ0) is 25.7. The van der Waals surface area contributed by atoms with E-state index in [1.165, 1.54) is 0 Å². The SMILES string of the molecule is Cc1nccn1-c1ccc(CNC(=O)CN(c2ccc(C(=O)N3CCOCC3)cc2)S(C)(=O)=O)cc1. The van der Waals surface area contributed by atoms with Gasteiger partial charge in [0.05, 0.1) is 25.2 Å². The van der Waals surface area contributed by atoms with Gasteiger partial charge in [-0.15, -0.1) is 0 Å². The van der Waals surface area contributed by atoms with Crippen LogP contribution in [0, 0.1) is 6.92 Å². The molecule has 1 aromatic heterocycles. The largest absolute Gasteiger partial charge is 0.378 e. The lowest BCUT2D eigenvalue weighted by atomic mass is 10.1. The number of hydrogen-bond acceptors (Lipinski definition) is 6. The number of hydrogen-bond donors (Lipinski definition) is 1. The van der Waals surface area contributed by atoms with Gasteiger partial charge in [-0.2, -0.15) is 0 Å². The smallest absolute Gasteiger partial charge is 0.254 e. The average Bonchev–Trinajstić information content (AvgIpc) is 3.31. The Kier molecular flexibility index (Phi) is 7.70. The number of morpholine rings is 1. The molecule has 2 amide bonds. The molecule has 36 heavy (non-hydrogen) atoms. The summed E-state index contributed by atoms with van der Waals surface area (Å²) in [5, 5.41) is 2.77. The second-order valence-electron chi connectivity index (χ2n) is 8.51. The molecule has 0 atom stereocenters. The van der Waals surface area contributed by atoms with E-state index in [2.05, 4.69) is 10.3 Å². The average molecular weight is 512 g/mol. The molecule has 1 aliphatic heterocycles. The molecule has 4 rings (SSSR count). The molecule has 0 radical (unpaired) electrons. The van der Waals surface area contributed by atoms with Gasteiger partial charge in [0, 0.05) is 43.3 Å². The number of aryl methyl sites for hydroxylation is 1. The highest BCUT2D eigenvalue weighted by Gasteiger charge is 2.23. The molecule has 1 aliphatic rings. The van der Waals surface area contributed by atoms with Crippen LogP contribution >= 0.6 is 0 Å². The van der Waals surface area contributed by atoms with Crippen molar-refractivity contribution < 1.29 is 22.7 Å². The van der Waals surface area contributed by atoms with Gasteiger partial charge in [-0.3, -0.25) is 13.9 Å². The van der Waals surface area contributed by atoms with E-state index < -0.39 is 15.9 Å². The number of nitrogens with zero attached hydrogens (tertiary/aromatic N) is 4. The number of ether oxygens (including phenoxy) is 1. The number of sulfonamides is 1. The molecule has 2 heterocycles. The topological polar surface area (TPSA) is 114 Å². The normalized spacial score (nSPS) is 13.9. The number of carbonyl (C=O) groups is 2. The van der Waals surface area contributed by atoms with Crippen molar-refractivity contribution in [1.82, 2.24) is 19.8 Å². The maximum Gasteiger partial charge on any atom is 0.254 e. The quantitative estimate of drug-likeness (QED) is 0.493. The number of aromatic nitrogens is 2. The zero-order valence-corrected chi connectivity index (χ0v) is 21.1. The van der Waals surface area contributed by atoms with E-state index in [9.17, 15) is 18.0 Å². The summed E-state index contributed by atoms with van der Waals surface area (Å²) in [7, 11) is -3.73. The third-order valence-corrected chi connectivity index (χ3v) is 7.06. The van der Waals surface area contributed by atoms with Gasteiger partial charge in [0.25, 0.3) is 5.91 Å². The molecule has 3 aromatic rings. The van der Waals surface area contributed by atoms with Gasteiger partial charge in [0.15, 0.2) is 0 Å². The predicted octanol–water partition coefficient (Wildman–Crippen LogP) is 1.74. The van der Waals surface area contributed by atoms with Crippen molar-refractivity contribution in [1.29, 1.82) is 0 Å². The molecule has 0 spiro atoms. The number of nitrogens with one attached hydrogen (secondary N) is 1. The highest BCUT2D eigenvalue weighted by molar-refractivity contribution is 7.92. The fourth-order valence-corrected chi connectivity index (χ4v) is 4.79. The van der Waals surface area contributed by atoms with E-state index in [0.29, 0.717) is 37.6 Å². The fourth-order valence-electron chi connectivity index (χ4n) is 3.93. The fraction of sp³-hybridized carbons (Fsp3) is 0.320. The minimum Gasteiger partial charge on any atom is -0.378 e. The maximum absolute atomic E-state index is 12.6. The first kappa shape index (κ1) is 25.4. The van der Waals surface area contributed by atoms with Crippen LogP contribution in [-0.4, -0.2) is 73.8 Å². The highest BCUT2D eigenvalue weighted by atomic mass is 32.2. The lowest BCUT2D eigenvalue weighted by Gasteiger charge is -2.27. The van der Waals surface area contributed by atoms with Crippen molar-refractivity contribution in [3.63, 3.8) is 0 Å². The molecule has 10 nitrogen and oxygen atoms in total. The van der Waals surface area contributed by atoms with Gasteiger partial charge in [-0.25, -0.2) is 13.4 Å². The summed E-state index contributed by atoms with van der Waals surface area (Å²) >= 11 is 0. The first-order valence-electron chi connectivity index (χ1n) is 11.5. The van der Waals surface area contributed by atoms with Gasteiger partial charge >= 0.3 is 0 Å². The summed E-state index contributed by atoms with van der Waals surface area (Å²) in [6, 6.07) is 13.9. The summed E-state index contributed by atoms with van der Waals surface area (Å²) < 4.78 is 33.1. The van der Waals surface area contributed by atoms with Crippen LogP contribution in [0.4, 0.5) is 5.69 Å². The van der Waals surface area contributed by atoms with Gasteiger partial charge in [0.1, 0.15) is 12.4 Å². The molecular weight excluding hydrogens is 482 g/mol. The summed E-state index contributed by atoms with van der Waals surface area (Å²) in [6.07, 6.45) is 4.65. The van der Waals surface area contributed by atoms with E-state index >= 15 is 0 Å². The Morgan fingerprint density at radius 2 is 1.72 bits per heavy atom. The van der Waals surface area contributed by atoms with Crippen molar-refractivity contribution in [3.05, 3.63) is 77.9 Å². The molecule has 0 aliphatic carbocycles. The summed E-state index contributed by atoms with van der Waals surface area (Å²) in [5.41, 5.74) is 2.60. The predicted molar refractivity (Wildman–Crippen MR) is 136 cm³/mol. The van der Waals surface area contributed by atoms with Gasteiger partial charge in [-0.1, -0.05) is 12.1 Å². The minimum atomic E-state index is -3.73. The molecule has 1 fully saturated rings. The van der Waals surface area contributed by atoms with Crippen molar-refractivity contribution >= 4 is 27.5 Å². The number of amides is 2. The summed E-state index contributed by atoms with van der Waals surface area (Å²) in [6.45, 7) is 3.82. The molecule has 0 bridgehead atoms. The maximum atomic E-state index is 12.6. The van der Waals surface area contributed by atoms with Gasteiger partial charge < -0.3 is 19.5 Å². The number of benzene rings is 2. The first-order chi connectivity index (χ1) is 17.2. The van der Waals surface area contributed by atoms with Crippen molar-refractivity contribution in [2.75, 3.05) is 43.4 Å². The van der Waals surface area contributed by atoms with E-state index in [-0.39, 0.29) is 19.0 Å². The molecule has 1 saturated heterocycles. The molecule has 11 heteroatoms. The Labute approximate surface area is 210 Å². The van der Waals surface area contributed by atoms with Crippen LogP contribution in [0.15, 0.2) is 60.9 Å². The number of rotatable bonds is 8. The Morgan fingerprint density at radius 1 is 1.06 bits per heavy atom. The lowest BCUT2D eigenvalue weighted by molar-refractivity contribution is -0.119. The van der Waals surface area contributed by atoms with Crippen LogP contribution in [0.5, 0.6) is 0 Å². The Balaban J connectivity index is 1.38. The van der Waals surface area contributed by atoms with Crippen molar-refractivity contribution in [2.24, 2.45) is 0 Å². The number of carbonyl (C=O) groups excluding carboxylic acids is 2. The number of anilines is 1. The second kappa shape index (κ2) is 10.9. The van der Waals surface area contributed by atoms with Gasteiger partial charge in [-0.05, 0) is 48.9 Å². The van der Waals surface area contributed by atoms with Crippen LogP contribution in [0.3, 0.4) is 0 Å². The molecule has 0 unspecified atom stereocenters. The zero-order valence-electron chi connectivity index (χ0n) is 20.3. The molecular formula is C25H29N5O5S. The third-order valence-electron chi connectivity index (χ3n) is 5.92. The van der Waals surface area contributed by atoms with Crippen LogP contribution in [0.2, 0.25) is 0 Å². The third kappa shape index (κ3) is 6.10. The number of imidazole rings is 1. The standard InChI is InChI=1S/C25H29N5O5S/c1-19-26-11-12-29(19)22-7-3-20(4-8-22)17-27-24(31)18-30(36(2,33)34)23-9-5-21(6-10-23)25(32)28-13-15-35-16-14-28/h3-12H,13-18H2,1-2H3,(H,27,31). The summed E-state index contributed by atoms with van der Waals surface area (Å²) in [4.78, 5) is 31.2.